The lowest BCUT2D eigenvalue weighted by molar-refractivity contribution is -0.131. The molecule has 1 heterocycles. The molecule has 0 radical (unpaired) electrons. The van der Waals surface area contributed by atoms with Crippen molar-refractivity contribution >= 4 is 17.5 Å². The molecule has 1 saturated heterocycles. The Balaban J connectivity index is 1.86. The van der Waals surface area contributed by atoms with E-state index in [0.717, 1.165) is 17.8 Å². The van der Waals surface area contributed by atoms with Crippen molar-refractivity contribution in [2.45, 2.75) is 45.8 Å². The topological polar surface area (TPSA) is 70.7 Å². The molecule has 132 valence electrons. The van der Waals surface area contributed by atoms with Gasteiger partial charge < -0.3 is 20.3 Å². The second kappa shape index (κ2) is 8.80. The fourth-order valence-corrected chi connectivity index (χ4v) is 2.73. The lowest BCUT2D eigenvalue weighted by Gasteiger charge is -2.25. The molecule has 2 rings (SSSR count). The van der Waals surface area contributed by atoms with Crippen LogP contribution in [0.2, 0.25) is 0 Å². The Kier molecular flexibility index (Phi) is 6.75. The highest BCUT2D eigenvalue weighted by atomic mass is 16.5. The molecule has 0 aromatic heterocycles. The minimum atomic E-state index is -0.0294. The van der Waals surface area contributed by atoms with Gasteiger partial charge in [-0.1, -0.05) is 12.1 Å². The average molecular weight is 333 g/mol. The first kappa shape index (κ1) is 18.4. The zero-order valence-corrected chi connectivity index (χ0v) is 14.7. The van der Waals surface area contributed by atoms with Gasteiger partial charge in [0.2, 0.25) is 11.8 Å². The van der Waals surface area contributed by atoms with E-state index in [0.29, 0.717) is 26.2 Å². The second-order valence-corrected chi connectivity index (χ2v) is 6.42. The molecule has 6 nitrogen and oxygen atoms in total. The maximum atomic E-state index is 12.1. The highest BCUT2D eigenvalue weighted by Gasteiger charge is 2.17. The predicted molar refractivity (Wildman–Crippen MR) is 93.7 cm³/mol. The Bertz CT molecular complexity index is 551. The van der Waals surface area contributed by atoms with Crippen LogP contribution in [-0.2, 0) is 20.9 Å². The van der Waals surface area contributed by atoms with Crippen LogP contribution in [0.4, 0.5) is 5.69 Å². The summed E-state index contributed by atoms with van der Waals surface area (Å²) in [6, 6.07) is 7.86. The van der Waals surface area contributed by atoms with Crippen LogP contribution in [0.15, 0.2) is 24.3 Å². The Labute approximate surface area is 143 Å². The molecule has 1 fully saturated rings. The van der Waals surface area contributed by atoms with Crippen LogP contribution in [0.1, 0.15) is 32.8 Å². The van der Waals surface area contributed by atoms with E-state index in [1.54, 1.807) is 6.92 Å². The maximum absolute atomic E-state index is 12.1. The van der Waals surface area contributed by atoms with E-state index in [4.69, 9.17) is 4.74 Å². The fourth-order valence-electron chi connectivity index (χ4n) is 2.73. The maximum Gasteiger partial charge on any atom is 0.226 e. The van der Waals surface area contributed by atoms with Gasteiger partial charge in [0, 0.05) is 44.2 Å². The number of anilines is 1. The van der Waals surface area contributed by atoms with Crippen LogP contribution in [0.3, 0.4) is 0 Å². The van der Waals surface area contributed by atoms with Gasteiger partial charge in [0.15, 0.2) is 0 Å². The lowest BCUT2D eigenvalue weighted by Crippen LogP contribution is -2.43. The summed E-state index contributed by atoms with van der Waals surface area (Å²) in [6.45, 7) is 8.21. The molecule has 0 spiro atoms. The van der Waals surface area contributed by atoms with Crippen LogP contribution >= 0.6 is 0 Å². The van der Waals surface area contributed by atoms with E-state index in [1.165, 1.54) is 0 Å². The van der Waals surface area contributed by atoms with Gasteiger partial charge in [0.05, 0.1) is 13.2 Å². The second-order valence-electron chi connectivity index (χ2n) is 6.42. The van der Waals surface area contributed by atoms with Crippen LogP contribution < -0.4 is 10.6 Å². The molecule has 2 amide bonds. The summed E-state index contributed by atoms with van der Waals surface area (Å²) in [4.78, 5) is 25.5. The van der Waals surface area contributed by atoms with Crippen LogP contribution in [0.5, 0.6) is 0 Å². The molecule has 1 aromatic carbocycles. The molecule has 1 aromatic rings. The summed E-state index contributed by atoms with van der Waals surface area (Å²) >= 11 is 0. The molecule has 24 heavy (non-hydrogen) atoms. The number of hydrogen-bond acceptors (Lipinski definition) is 4. The monoisotopic (exact) mass is 333 g/mol. The minimum Gasteiger partial charge on any atom is -0.378 e. The molecule has 1 unspecified atom stereocenters. The van der Waals surface area contributed by atoms with Gasteiger partial charge in [-0.05, 0) is 31.5 Å². The van der Waals surface area contributed by atoms with E-state index in [9.17, 15) is 9.59 Å². The molecule has 0 saturated carbocycles. The van der Waals surface area contributed by atoms with E-state index in [2.05, 4.69) is 10.6 Å². The van der Waals surface area contributed by atoms with E-state index in [-0.39, 0.29) is 23.9 Å². The molecular formula is C18H27N3O3. The molecule has 1 aliphatic heterocycles. The van der Waals surface area contributed by atoms with Crippen molar-refractivity contribution in [3.63, 3.8) is 0 Å². The summed E-state index contributed by atoms with van der Waals surface area (Å²) in [5.41, 5.74) is 1.80. The van der Waals surface area contributed by atoms with Gasteiger partial charge in [0.1, 0.15) is 0 Å². The van der Waals surface area contributed by atoms with Crippen molar-refractivity contribution in [3.05, 3.63) is 29.8 Å². The third-order valence-electron chi connectivity index (χ3n) is 4.05. The summed E-state index contributed by atoms with van der Waals surface area (Å²) in [5.74, 6) is 0.0304. The van der Waals surface area contributed by atoms with Crippen molar-refractivity contribution in [3.8, 4) is 0 Å². The first-order chi connectivity index (χ1) is 11.5. The highest BCUT2D eigenvalue weighted by molar-refractivity contribution is 5.91. The number of hydrogen-bond donors (Lipinski definition) is 2. The van der Waals surface area contributed by atoms with Gasteiger partial charge in [-0.2, -0.15) is 0 Å². The third-order valence-corrected chi connectivity index (χ3v) is 4.05. The zero-order valence-electron chi connectivity index (χ0n) is 14.7. The largest absolute Gasteiger partial charge is 0.378 e. The number of benzene rings is 1. The van der Waals surface area contributed by atoms with Gasteiger partial charge >= 0.3 is 0 Å². The van der Waals surface area contributed by atoms with Crippen molar-refractivity contribution in [2.75, 3.05) is 25.1 Å². The molecule has 6 heteroatoms. The van der Waals surface area contributed by atoms with Crippen molar-refractivity contribution < 1.29 is 14.3 Å². The normalized spacial score (nSPS) is 17.6. The van der Waals surface area contributed by atoms with Crippen molar-refractivity contribution in [1.82, 2.24) is 10.2 Å². The number of carbonyl (C=O) groups is 2. The summed E-state index contributed by atoms with van der Waals surface area (Å²) < 4.78 is 5.35. The van der Waals surface area contributed by atoms with Gasteiger partial charge in [-0.25, -0.2) is 0 Å². The van der Waals surface area contributed by atoms with E-state index in [1.807, 2.05) is 43.0 Å². The summed E-state index contributed by atoms with van der Waals surface area (Å²) in [6.07, 6.45) is 0.396. The van der Waals surface area contributed by atoms with Gasteiger partial charge in [0.25, 0.3) is 0 Å². The fraction of sp³-hybridized carbons (Fsp3) is 0.556. The van der Waals surface area contributed by atoms with Crippen LogP contribution in [-0.4, -0.2) is 48.6 Å². The van der Waals surface area contributed by atoms with Crippen molar-refractivity contribution in [2.24, 2.45) is 0 Å². The Hall–Kier alpha value is -1.92. The molecule has 0 bridgehead atoms. The standard InChI is InChI=1S/C18H27N3O3/c1-13(2)21(14(3)22)11-15-4-6-16(7-5-15)20-18(23)10-17-12-24-9-8-19-17/h4-7,13,17,19H,8-12H2,1-3H3,(H,20,23). The van der Waals surface area contributed by atoms with Gasteiger partial charge in [-0.15, -0.1) is 0 Å². The Morgan fingerprint density at radius 2 is 2.04 bits per heavy atom. The third kappa shape index (κ3) is 5.62. The average Bonchev–Trinajstić information content (AvgIpc) is 2.54. The predicted octanol–water partition coefficient (Wildman–Crippen LogP) is 1.76. The number of carbonyl (C=O) groups excluding carboxylic acids is 2. The smallest absolute Gasteiger partial charge is 0.226 e. The molecule has 1 aliphatic rings. The SMILES string of the molecule is CC(=O)N(Cc1ccc(NC(=O)CC2COCCN2)cc1)C(C)C. The van der Waals surface area contributed by atoms with Crippen LogP contribution in [0, 0.1) is 0 Å². The zero-order chi connectivity index (χ0) is 17.5. The van der Waals surface area contributed by atoms with Crippen molar-refractivity contribution in [1.29, 1.82) is 0 Å². The molecule has 1 atom stereocenters. The van der Waals surface area contributed by atoms with Crippen LogP contribution in [0.25, 0.3) is 0 Å². The number of nitrogens with zero attached hydrogens (tertiary/aromatic N) is 1. The van der Waals surface area contributed by atoms with E-state index < -0.39 is 0 Å². The first-order valence-corrected chi connectivity index (χ1v) is 8.43. The summed E-state index contributed by atoms with van der Waals surface area (Å²) in [5, 5.41) is 6.16. The number of morpholine rings is 1. The first-order valence-electron chi connectivity index (χ1n) is 8.43. The minimum absolute atomic E-state index is 0.0294. The van der Waals surface area contributed by atoms with Gasteiger partial charge in [-0.3, -0.25) is 9.59 Å². The number of ether oxygens (including phenoxy) is 1. The number of rotatable bonds is 6. The Morgan fingerprint density at radius 3 is 2.58 bits per heavy atom. The Morgan fingerprint density at radius 1 is 1.33 bits per heavy atom. The number of amides is 2. The lowest BCUT2D eigenvalue weighted by atomic mass is 10.1. The summed E-state index contributed by atoms with van der Waals surface area (Å²) in [7, 11) is 0. The molecular weight excluding hydrogens is 306 g/mol. The quantitative estimate of drug-likeness (QED) is 0.832. The molecule has 0 aliphatic carbocycles. The van der Waals surface area contributed by atoms with E-state index >= 15 is 0 Å². The highest BCUT2D eigenvalue weighted by Crippen LogP contribution is 2.14. The molecule has 2 N–H and O–H groups in total. The number of nitrogens with one attached hydrogen (secondary N) is 2.